The highest BCUT2D eigenvalue weighted by molar-refractivity contribution is 9.10. The van der Waals surface area contributed by atoms with Crippen LogP contribution in [-0.2, 0) is 0 Å². The lowest BCUT2D eigenvalue weighted by Crippen LogP contribution is -2.23. The van der Waals surface area contributed by atoms with Gasteiger partial charge in [-0.1, -0.05) is 0 Å². The number of carboxylic acid groups (broad SMARTS) is 1. The van der Waals surface area contributed by atoms with Gasteiger partial charge in [-0.25, -0.2) is 19.1 Å². The van der Waals surface area contributed by atoms with E-state index in [0.717, 1.165) is 4.90 Å². The molecule has 0 unspecified atom stereocenters. The second-order valence-electron chi connectivity index (χ2n) is 3.05. The van der Waals surface area contributed by atoms with Gasteiger partial charge < -0.3 is 5.11 Å². The molecule has 17 heavy (non-hydrogen) atoms. The van der Waals surface area contributed by atoms with Crippen LogP contribution in [0.25, 0.3) is 0 Å². The summed E-state index contributed by atoms with van der Waals surface area (Å²) < 4.78 is 13.3. The van der Waals surface area contributed by atoms with Crippen molar-refractivity contribution < 1.29 is 14.3 Å². The Balaban J connectivity index is 2.42. The van der Waals surface area contributed by atoms with Gasteiger partial charge in [0.05, 0.1) is 5.69 Å². The lowest BCUT2D eigenvalue weighted by Gasteiger charge is -2.15. The van der Waals surface area contributed by atoms with Gasteiger partial charge in [0.25, 0.3) is 0 Å². The summed E-state index contributed by atoms with van der Waals surface area (Å²) in [7, 11) is 0. The average molecular weight is 317 g/mol. The van der Waals surface area contributed by atoms with Crippen LogP contribution >= 0.6 is 27.3 Å². The molecular weight excluding hydrogens is 311 g/mol. The summed E-state index contributed by atoms with van der Waals surface area (Å²) in [5.74, 6) is -0.417. The second kappa shape index (κ2) is 4.80. The van der Waals surface area contributed by atoms with Gasteiger partial charge >= 0.3 is 6.09 Å². The molecule has 1 aromatic heterocycles. The zero-order valence-corrected chi connectivity index (χ0v) is 10.7. The molecule has 88 valence electrons. The normalized spacial score (nSPS) is 10.2. The maximum absolute atomic E-state index is 12.8. The lowest BCUT2D eigenvalue weighted by molar-refractivity contribution is 0.205. The number of anilines is 2. The highest BCUT2D eigenvalue weighted by Gasteiger charge is 2.19. The Morgan fingerprint density at radius 3 is 2.53 bits per heavy atom. The van der Waals surface area contributed by atoms with Gasteiger partial charge in [-0.2, -0.15) is 0 Å². The molecule has 0 radical (unpaired) electrons. The molecule has 7 heteroatoms. The van der Waals surface area contributed by atoms with Crippen molar-refractivity contribution in [2.45, 2.75) is 0 Å². The first-order valence-electron chi connectivity index (χ1n) is 4.47. The fourth-order valence-corrected chi connectivity index (χ4v) is 2.50. The third-order valence-corrected chi connectivity index (χ3v) is 3.47. The molecule has 0 aliphatic carbocycles. The molecule has 1 N–H and O–H groups in total. The van der Waals surface area contributed by atoms with Crippen LogP contribution in [0.15, 0.2) is 34.2 Å². The van der Waals surface area contributed by atoms with Crippen LogP contribution in [0.3, 0.4) is 0 Å². The number of halogens is 2. The van der Waals surface area contributed by atoms with E-state index < -0.39 is 11.9 Å². The van der Waals surface area contributed by atoms with E-state index in [1.54, 1.807) is 5.38 Å². The Bertz CT molecular complexity index is 543. The van der Waals surface area contributed by atoms with Crippen molar-refractivity contribution in [3.8, 4) is 0 Å². The van der Waals surface area contributed by atoms with Crippen molar-refractivity contribution in [1.82, 2.24) is 4.98 Å². The topological polar surface area (TPSA) is 53.4 Å². The van der Waals surface area contributed by atoms with Gasteiger partial charge in [0.2, 0.25) is 5.13 Å². The number of hydrogen-bond acceptors (Lipinski definition) is 3. The van der Waals surface area contributed by atoms with Crippen molar-refractivity contribution in [2.75, 3.05) is 4.90 Å². The number of nitrogens with zero attached hydrogens (tertiary/aromatic N) is 2. The third-order valence-electron chi connectivity index (χ3n) is 1.93. The fraction of sp³-hybridized carbons (Fsp3) is 0. The van der Waals surface area contributed by atoms with Crippen molar-refractivity contribution in [3.05, 3.63) is 40.1 Å². The van der Waals surface area contributed by atoms with E-state index >= 15 is 0 Å². The van der Waals surface area contributed by atoms with Crippen LogP contribution in [0.2, 0.25) is 0 Å². The van der Waals surface area contributed by atoms with Crippen molar-refractivity contribution in [2.24, 2.45) is 0 Å². The first-order valence-corrected chi connectivity index (χ1v) is 6.15. The first-order chi connectivity index (χ1) is 8.08. The molecule has 1 amide bonds. The third kappa shape index (κ3) is 2.62. The highest BCUT2D eigenvalue weighted by atomic mass is 79.9. The van der Waals surface area contributed by atoms with Crippen molar-refractivity contribution in [1.29, 1.82) is 0 Å². The van der Waals surface area contributed by atoms with E-state index in [4.69, 9.17) is 5.11 Å². The molecule has 1 aromatic carbocycles. The Kier molecular flexibility index (Phi) is 3.39. The molecule has 2 aromatic rings. The molecule has 0 atom stereocenters. The van der Waals surface area contributed by atoms with Crippen LogP contribution < -0.4 is 4.90 Å². The summed E-state index contributed by atoms with van der Waals surface area (Å²) in [5.41, 5.74) is 0.348. The fourth-order valence-electron chi connectivity index (χ4n) is 1.24. The van der Waals surface area contributed by atoms with Gasteiger partial charge in [0.1, 0.15) is 10.4 Å². The Morgan fingerprint density at radius 1 is 1.41 bits per heavy atom. The molecule has 0 saturated carbocycles. The number of aromatic nitrogens is 1. The summed E-state index contributed by atoms with van der Waals surface area (Å²) >= 11 is 4.33. The van der Waals surface area contributed by atoms with E-state index in [-0.39, 0.29) is 0 Å². The summed E-state index contributed by atoms with van der Waals surface area (Å²) in [6.45, 7) is 0. The molecule has 0 saturated heterocycles. The number of hydrogen-bond donors (Lipinski definition) is 1. The maximum Gasteiger partial charge on any atom is 0.418 e. The van der Waals surface area contributed by atoms with Gasteiger partial charge in [-0.15, -0.1) is 11.3 Å². The Hall–Kier alpha value is -1.47. The van der Waals surface area contributed by atoms with Crippen LogP contribution in [0.1, 0.15) is 0 Å². The number of amides is 1. The molecule has 0 aliphatic rings. The summed E-state index contributed by atoms with van der Waals surface area (Å²) in [6.07, 6.45) is -1.17. The largest absolute Gasteiger partial charge is 0.464 e. The molecule has 0 bridgehead atoms. The average Bonchev–Trinajstić information content (AvgIpc) is 2.68. The zero-order valence-electron chi connectivity index (χ0n) is 8.30. The van der Waals surface area contributed by atoms with E-state index in [9.17, 15) is 9.18 Å². The van der Waals surface area contributed by atoms with E-state index in [2.05, 4.69) is 20.9 Å². The van der Waals surface area contributed by atoms with Crippen LogP contribution in [-0.4, -0.2) is 16.2 Å². The summed E-state index contributed by atoms with van der Waals surface area (Å²) in [6, 6.07) is 5.18. The van der Waals surface area contributed by atoms with Gasteiger partial charge in [0, 0.05) is 5.38 Å². The summed E-state index contributed by atoms with van der Waals surface area (Å²) in [4.78, 5) is 16.2. The van der Waals surface area contributed by atoms with Gasteiger partial charge in [-0.3, -0.25) is 0 Å². The van der Waals surface area contributed by atoms with Crippen LogP contribution in [0.4, 0.5) is 20.0 Å². The molecule has 1 heterocycles. The van der Waals surface area contributed by atoms with E-state index in [1.807, 2.05) is 0 Å². The maximum atomic E-state index is 12.8. The van der Waals surface area contributed by atoms with E-state index in [0.29, 0.717) is 15.4 Å². The smallest absolute Gasteiger partial charge is 0.418 e. The monoisotopic (exact) mass is 316 g/mol. The standard InChI is InChI=1S/C10H6BrFN2O2S/c11-8-5-17-9(13-8)14(10(15)16)7-3-1-6(12)2-4-7/h1-5H,(H,15,16). The van der Waals surface area contributed by atoms with E-state index in [1.165, 1.54) is 35.6 Å². The first kappa shape index (κ1) is 12.0. The molecule has 4 nitrogen and oxygen atoms in total. The quantitative estimate of drug-likeness (QED) is 0.915. The number of rotatable bonds is 2. The second-order valence-corrected chi connectivity index (χ2v) is 4.70. The Labute approximate surface area is 108 Å². The predicted octanol–water partition coefficient (Wildman–Crippen LogP) is 3.86. The zero-order chi connectivity index (χ0) is 12.4. The molecular formula is C10H6BrFN2O2S. The highest BCUT2D eigenvalue weighted by Crippen LogP contribution is 2.30. The molecule has 0 aliphatic heterocycles. The van der Waals surface area contributed by atoms with Gasteiger partial charge in [-0.05, 0) is 40.2 Å². The number of thiazole rings is 1. The Morgan fingerprint density at radius 2 is 2.06 bits per heavy atom. The molecule has 0 fully saturated rings. The molecule has 2 rings (SSSR count). The lowest BCUT2D eigenvalue weighted by atomic mass is 10.3. The van der Waals surface area contributed by atoms with Crippen molar-refractivity contribution >= 4 is 44.2 Å². The SMILES string of the molecule is O=C(O)N(c1ccc(F)cc1)c1nc(Br)cs1. The minimum Gasteiger partial charge on any atom is -0.464 e. The number of benzene rings is 1. The van der Waals surface area contributed by atoms with Crippen LogP contribution in [0.5, 0.6) is 0 Å². The van der Waals surface area contributed by atoms with Crippen molar-refractivity contribution in [3.63, 3.8) is 0 Å². The van der Waals surface area contributed by atoms with Gasteiger partial charge in [0.15, 0.2) is 0 Å². The van der Waals surface area contributed by atoms with Crippen LogP contribution in [0, 0.1) is 5.82 Å². The minimum atomic E-state index is -1.17. The number of carbonyl (C=O) groups is 1. The molecule has 0 spiro atoms. The summed E-state index contributed by atoms with van der Waals surface area (Å²) in [5, 5.41) is 11.1. The minimum absolute atomic E-state index is 0.302. The predicted molar refractivity (Wildman–Crippen MR) is 66.4 cm³/mol.